The highest BCUT2D eigenvalue weighted by Crippen LogP contribution is 2.16. The first-order valence-corrected chi connectivity index (χ1v) is 15.5. The van der Waals surface area contributed by atoms with E-state index < -0.39 is 8.07 Å². The van der Waals surface area contributed by atoms with Crippen LogP contribution in [0.2, 0.25) is 19.6 Å². The predicted molar refractivity (Wildman–Crippen MR) is 147 cm³/mol. The van der Waals surface area contributed by atoms with Crippen molar-refractivity contribution in [2.45, 2.75) is 85.2 Å². The number of carbonyl (C=O) groups excluding carboxylic acids is 1. The lowest BCUT2D eigenvalue weighted by atomic mass is 10.1. The van der Waals surface area contributed by atoms with Gasteiger partial charge in [0.25, 0.3) is 0 Å². The van der Waals surface area contributed by atoms with Crippen molar-refractivity contribution in [1.29, 1.82) is 0 Å². The van der Waals surface area contributed by atoms with Crippen LogP contribution in [0.5, 0.6) is 0 Å². The maximum Gasteiger partial charge on any atom is 0.128 e. The molecule has 0 spiro atoms. The van der Waals surface area contributed by atoms with E-state index in [-0.39, 0.29) is 0 Å². The highest BCUT2D eigenvalue weighted by atomic mass is 28.3. The molecular weight excluding hydrogens is 418 g/mol. The van der Waals surface area contributed by atoms with Crippen LogP contribution in [-0.4, -0.2) is 25.3 Å². The minimum atomic E-state index is -1.10. The summed E-state index contributed by atoms with van der Waals surface area (Å²) in [5.41, 5.74) is 5.43. The lowest BCUT2D eigenvalue weighted by molar-refractivity contribution is -0.107. The molecule has 2 aromatic carbocycles. The third-order valence-corrected chi connectivity index (χ3v) is 5.48. The first-order valence-electron chi connectivity index (χ1n) is 12.0. The number of rotatable bonds is 9. The zero-order valence-electron chi connectivity index (χ0n) is 21.6. The quantitative estimate of drug-likeness (QED) is 0.221. The zero-order chi connectivity index (χ0) is 25.0. The van der Waals surface area contributed by atoms with Crippen LogP contribution in [0.25, 0.3) is 0 Å². The summed E-state index contributed by atoms with van der Waals surface area (Å²) in [5, 5.41) is 0. The van der Waals surface area contributed by atoms with Gasteiger partial charge in [0.05, 0.1) is 6.04 Å². The van der Waals surface area contributed by atoms with Crippen LogP contribution < -0.4 is 0 Å². The van der Waals surface area contributed by atoms with Crippen LogP contribution in [0.4, 0.5) is 0 Å². The Morgan fingerprint density at radius 3 is 1.64 bits per heavy atom. The highest BCUT2D eigenvalue weighted by molar-refractivity contribution is 6.83. The molecule has 2 rings (SSSR count). The molecule has 0 amide bonds. The molecular formula is C30H43NOSi. The molecule has 2 aromatic rings. The summed E-state index contributed by atoms with van der Waals surface area (Å²) in [5.74, 6) is 6.51. The van der Waals surface area contributed by atoms with E-state index in [0.717, 1.165) is 38.6 Å². The molecule has 33 heavy (non-hydrogen) atoms. The molecule has 0 N–H and O–H groups in total. The summed E-state index contributed by atoms with van der Waals surface area (Å²) in [6.45, 7) is 14.5. The summed E-state index contributed by atoms with van der Waals surface area (Å²) >= 11 is 0. The molecule has 0 aliphatic heterocycles. The van der Waals surface area contributed by atoms with Gasteiger partial charge in [-0.1, -0.05) is 106 Å². The molecule has 0 aromatic heterocycles. The Bertz CT molecular complexity index is 797. The second-order valence-corrected chi connectivity index (χ2v) is 13.7. The number of nitrogens with zero attached hydrogens (tertiary/aromatic N) is 1. The van der Waals surface area contributed by atoms with Crippen molar-refractivity contribution in [3.05, 3.63) is 71.8 Å². The van der Waals surface area contributed by atoms with Gasteiger partial charge in [-0.05, 0) is 30.9 Å². The molecule has 0 aliphatic carbocycles. The van der Waals surface area contributed by atoms with E-state index in [9.17, 15) is 4.79 Å². The van der Waals surface area contributed by atoms with E-state index in [1.54, 1.807) is 0 Å². The van der Waals surface area contributed by atoms with Gasteiger partial charge >= 0.3 is 0 Å². The second kappa shape index (κ2) is 18.9. The van der Waals surface area contributed by atoms with Crippen LogP contribution in [0.3, 0.4) is 0 Å². The number of carbonyl (C=O) groups is 1. The van der Waals surface area contributed by atoms with Crippen LogP contribution in [0, 0.1) is 23.8 Å². The van der Waals surface area contributed by atoms with Crippen LogP contribution in [-0.2, 0) is 17.9 Å². The molecule has 2 nitrogen and oxygen atoms in total. The summed E-state index contributed by atoms with van der Waals surface area (Å²) in [4.78, 5) is 11.9. The number of aldehydes is 1. The maximum atomic E-state index is 9.40. The molecule has 1 atom stereocenters. The molecule has 0 radical (unpaired) electrons. The van der Waals surface area contributed by atoms with Crippen molar-refractivity contribution in [2.24, 2.45) is 0 Å². The van der Waals surface area contributed by atoms with E-state index in [1.807, 2.05) is 13.8 Å². The molecule has 0 saturated carbocycles. The number of unbranched alkanes of at least 4 members (excludes halogenated alkanes) is 1. The van der Waals surface area contributed by atoms with Crippen LogP contribution >= 0.6 is 0 Å². The molecule has 0 fully saturated rings. The highest BCUT2D eigenvalue weighted by Gasteiger charge is 2.16. The summed E-state index contributed by atoms with van der Waals surface area (Å²) in [7, 11) is -1.10. The fourth-order valence-electron chi connectivity index (χ4n) is 2.82. The molecule has 0 saturated heterocycles. The first kappa shape index (κ1) is 30.4. The Labute approximate surface area is 204 Å². The number of benzene rings is 2. The second-order valence-electron chi connectivity index (χ2n) is 8.92. The Hall–Kier alpha value is -2.59. The molecule has 178 valence electrons. The van der Waals surface area contributed by atoms with Crippen molar-refractivity contribution in [3.63, 3.8) is 0 Å². The van der Waals surface area contributed by atoms with Crippen molar-refractivity contribution < 1.29 is 4.79 Å². The summed E-state index contributed by atoms with van der Waals surface area (Å²) in [6.07, 6.45) is 10.00. The Morgan fingerprint density at radius 1 is 0.909 bits per heavy atom. The molecule has 1 unspecified atom stereocenters. The van der Waals surface area contributed by atoms with Gasteiger partial charge in [0.15, 0.2) is 0 Å². The SMILES string of the molecule is C#C[Si](C)(C)C.CC#CC(CCC)N(Cc1ccccc1)Cc1ccccc1.CCCC=O. The number of hydrogen-bond donors (Lipinski definition) is 0. The van der Waals surface area contributed by atoms with Gasteiger partial charge in [-0.3, -0.25) is 4.90 Å². The lowest BCUT2D eigenvalue weighted by Crippen LogP contribution is -2.33. The monoisotopic (exact) mass is 461 g/mol. The van der Waals surface area contributed by atoms with Gasteiger partial charge in [0.1, 0.15) is 14.4 Å². The fraction of sp³-hybridized carbons (Fsp3) is 0.433. The average molecular weight is 462 g/mol. The third kappa shape index (κ3) is 16.7. The van der Waals surface area contributed by atoms with Gasteiger partial charge in [-0.15, -0.1) is 17.9 Å². The zero-order valence-corrected chi connectivity index (χ0v) is 22.6. The van der Waals surface area contributed by atoms with Gasteiger partial charge in [-0.2, -0.15) is 0 Å². The standard InChI is InChI=1S/C21H25N.C5H10Si.C4H8O/c1-3-11-21(12-4-2)22(17-19-13-7-5-8-14-19)18-20-15-9-6-10-16-20;1-5-6(2,3)4;1-2-3-4-5/h5-10,13-16,21H,3,11,17-18H2,1-2H3;1H,2-4H3;4H,2-3H2,1H3. The first-order chi connectivity index (χ1) is 15.8. The average Bonchev–Trinajstić information content (AvgIpc) is 2.81. The van der Waals surface area contributed by atoms with Crippen LogP contribution in [0.1, 0.15) is 57.6 Å². The van der Waals surface area contributed by atoms with Gasteiger partial charge in [0, 0.05) is 19.5 Å². The minimum Gasteiger partial charge on any atom is -0.303 e. The summed E-state index contributed by atoms with van der Waals surface area (Å²) < 4.78 is 0. The normalized spacial score (nSPS) is 10.8. The van der Waals surface area contributed by atoms with Crippen molar-refractivity contribution in [3.8, 4) is 23.8 Å². The number of terminal acetylenes is 1. The van der Waals surface area contributed by atoms with E-state index >= 15 is 0 Å². The maximum absolute atomic E-state index is 9.40. The summed E-state index contributed by atoms with van der Waals surface area (Å²) in [6, 6.07) is 21.7. The van der Waals surface area contributed by atoms with Crippen molar-refractivity contribution in [1.82, 2.24) is 4.90 Å². The minimum absolute atomic E-state index is 0.315. The van der Waals surface area contributed by atoms with E-state index in [0.29, 0.717) is 12.5 Å². The van der Waals surface area contributed by atoms with Gasteiger partial charge < -0.3 is 4.79 Å². The van der Waals surface area contributed by atoms with Gasteiger partial charge in [0.2, 0.25) is 0 Å². The molecule has 0 heterocycles. The molecule has 0 bridgehead atoms. The molecule has 3 heteroatoms. The Morgan fingerprint density at radius 2 is 1.36 bits per heavy atom. The molecule has 0 aliphatic rings. The van der Waals surface area contributed by atoms with E-state index in [1.165, 1.54) is 11.1 Å². The topological polar surface area (TPSA) is 20.3 Å². The van der Waals surface area contributed by atoms with Crippen molar-refractivity contribution in [2.75, 3.05) is 0 Å². The van der Waals surface area contributed by atoms with Crippen LogP contribution in [0.15, 0.2) is 60.7 Å². The smallest absolute Gasteiger partial charge is 0.128 e. The third-order valence-electron chi connectivity index (χ3n) is 4.61. The Kier molecular flexibility index (Phi) is 17.4. The fourth-order valence-corrected chi connectivity index (χ4v) is 2.82. The van der Waals surface area contributed by atoms with Gasteiger partial charge in [-0.25, -0.2) is 0 Å². The number of hydrogen-bond acceptors (Lipinski definition) is 2. The Balaban J connectivity index is 0.000000774. The lowest BCUT2D eigenvalue weighted by Gasteiger charge is -2.28. The van der Waals surface area contributed by atoms with Crippen molar-refractivity contribution >= 4 is 14.4 Å². The predicted octanol–water partition coefficient (Wildman–Crippen LogP) is 7.36. The van der Waals surface area contributed by atoms with E-state index in [2.05, 4.69) is 110 Å². The van der Waals surface area contributed by atoms with E-state index in [4.69, 9.17) is 6.42 Å². The largest absolute Gasteiger partial charge is 0.303 e.